The molecule has 0 radical (unpaired) electrons. The Morgan fingerprint density at radius 2 is 1.81 bits per heavy atom. The predicted octanol–water partition coefficient (Wildman–Crippen LogP) is 1.80. The first kappa shape index (κ1) is 19.8. The van der Waals surface area contributed by atoms with Gasteiger partial charge >= 0.3 is 5.97 Å². The van der Waals surface area contributed by atoms with Gasteiger partial charge in [-0.1, -0.05) is 31.5 Å². The molecule has 0 aromatic heterocycles. The van der Waals surface area contributed by atoms with Crippen molar-refractivity contribution in [3.63, 3.8) is 0 Å². The number of hydrogen-bond acceptors (Lipinski definition) is 4. The van der Waals surface area contributed by atoms with Crippen LogP contribution in [0.3, 0.4) is 0 Å². The van der Waals surface area contributed by atoms with Crippen molar-refractivity contribution in [3.05, 3.63) is 30.3 Å². The van der Waals surface area contributed by atoms with Gasteiger partial charge in [0.1, 0.15) is 6.04 Å². The van der Waals surface area contributed by atoms with Crippen LogP contribution >= 0.6 is 0 Å². The third-order valence-corrected chi connectivity index (χ3v) is 7.33. The Morgan fingerprint density at radius 1 is 1.11 bits per heavy atom. The van der Waals surface area contributed by atoms with E-state index in [-0.39, 0.29) is 23.3 Å². The fraction of sp³-hybridized carbons (Fsp3) is 0.579. The van der Waals surface area contributed by atoms with E-state index in [0.717, 1.165) is 6.42 Å². The monoisotopic (exact) mass is 394 g/mol. The van der Waals surface area contributed by atoms with Gasteiger partial charge in [0.15, 0.2) is 0 Å². The summed E-state index contributed by atoms with van der Waals surface area (Å²) < 4.78 is 27.5. The van der Waals surface area contributed by atoms with Crippen molar-refractivity contribution in [2.75, 3.05) is 19.6 Å². The normalized spacial score (nSPS) is 27.3. The van der Waals surface area contributed by atoms with Gasteiger partial charge in [-0.2, -0.15) is 4.31 Å². The van der Waals surface area contributed by atoms with Crippen molar-refractivity contribution < 1.29 is 23.1 Å². The van der Waals surface area contributed by atoms with Crippen molar-refractivity contribution in [2.24, 2.45) is 11.8 Å². The van der Waals surface area contributed by atoms with Crippen LogP contribution in [0.25, 0.3) is 0 Å². The lowest BCUT2D eigenvalue weighted by Gasteiger charge is -2.40. The average Bonchev–Trinajstić information content (AvgIpc) is 2.67. The smallest absolute Gasteiger partial charge is 0.308 e. The van der Waals surface area contributed by atoms with E-state index in [9.17, 15) is 23.1 Å². The van der Waals surface area contributed by atoms with Crippen LogP contribution in [0.1, 0.15) is 32.6 Å². The van der Waals surface area contributed by atoms with E-state index in [1.165, 1.54) is 16.4 Å². The Balaban J connectivity index is 1.85. The second-order valence-electron chi connectivity index (χ2n) is 7.56. The van der Waals surface area contributed by atoms with Gasteiger partial charge in [0.25, 0.3) is 0 Å². The molecule has 1 amide bonds. The molecule has 3 rings (SSSR count). The average molecular weight is 394 g/mol. The number of nitrogens with zero attached hydrogens (tertiary/aromatic N) is 2. The minimum Gasteiger partial charge on any atom is -0.481 e. The molecule has 0 saturated carbocycles. The minimum atomic E-state index is -3.77. The summed E-state index contributed by atoms with van der Waals surface area (Å²) in [6.07, 6.45) is 2.50. The fourth-order valence-corrected chi connectivity index (χ4v) is 5.76. The zero-order valence-electron chi connectivity index (χ0n) is 15.5. The quantitative estimate of drug-likeness (QED) is 0.840. The molecule has 2 fully saturated rings. The molecule has 0 bridgehead atoms. The highest BCUT2D eigenvalue weighted by atomic mass is 32.2. The number of rotatable bonds is 4. The van der Waals surface area contributed by atoms with Crippen LogP contribution in [0, 0.1) is 11.8 Å². The van der Waals surface area contributed by atoms with Crippen molar-refractivity contribution in [1.29, 1.82) is 0 Å². The molecule has 27 heavy (non-hydrogen) atoms. The zero-order valence-corrected chi connectivity index (χ0v) is 16.3. The molecule has 2 saturated heterocycles. The standard InChI is InChI=1S/C19H26N2O5S/c1-14-11-15(19(23)24)13-20(12-14)18(22)17-9-5-6-10-21(17)27(25,26)16-7-3-2-4-8-16/h2-4,7-8,14-15,17H,5-6,9-13H2,1H3,(H,23,24). The first-order chi connectivity index (χ1) is 12.8. The molecule has 3 atom stereocenters. The Bertz CT molecular complexity index is 796. The van der Waals surface area contributed by atoms with Crippen LogP contribution in [-0.4, -0.2) is 60.3 Å². The van der Waals surface area contributed by atoms with E-state index >= 15 is 0 Å². The lowest BCUT2D eigenvalue weighted by atomic mass is 9.89. The lowest BCUT2D eigenvalue weighted by Crippen LogP contribution is -2.56. The molecule has 1 aromatic carbocycles. The van der Waals surface area contributed by atoms with E-state index < -0.39 is 28.0 Å². The summed E-state index contributed by atoms with van der Waals surface area (Å²) in [6, 6.07) is 7.39. The van der Waals surface area contributed by atoms with E-state index in [0.29, 0.717) is 32.4 Å². The summed E-state index contributed by atoms with van der Waals surface area (Å²) in [5.41, 5.74) is 0. The summed E-state index contributed by atoms with van der Waals surface area (Å²) in [6.45, 7) is 2.85. The van der Waals surface area contributed by atoms with Crippen LogP contribution < -0.4 is 0 Å². The van der Waals surface area contributed by atoms with Gasteiger partial charge in [-0.3, -0.25) is 9.59 Å². The number of likely N-dealkylation sites (tertiary alicyclic amines) is 1. The van der Waals surface area contributed by atoms with Gasteiger partial charge < -0.3 is 10.0 Å². The number of aliphatic carboxylic acids is 1. The number of carboxylic acids is 1. The van der Waals surface area contributed by atoms with E-state index in [4.69, 9.17) is 0 Å². The Morgan fingerprint density at radius 3 is 2.48 bits per heavy atom. The van der Waals surface area contributed by atoms with Crippen LogP contribution in [0.4, 0.5) is 0 Å². The number of piperidine rings is 2. The number of benzene rings is 1. The van der Waals surface area contributed by atoms with Crippen LogP contribution in [0.5, 0.6) is 0 Å². The molecule has 8 heteroatoms. The molecule has 3 unspecified atom stereocenters. The molecule has 2 aliphatic rings. The van der Waals surface area contributed by atoms with Gasteiger partial charge in [-0.15, -0.1) is 0 Å². The highest BCUT2D eigenvalue weighted by Gasteiger charge is 2.41. The maximum Gasteiger partial charge on any atom is 0.308 e. The lowest BCUT2D eigenvalue weighted by molar-refractivity contribution is -0.148. The van der Waals surface area contributed by atoms with Gasteiger partial charge in [0, 0.05) is 19.6 Å². The summed E-state index contributed by atoms with van der Waals surface area (Å²) in [7, 11) is -3.77. The fourth-order valence-electron chi connectivity index (χ4n) is 4.09. The van der Waals surface area contributed by atoms with E-state index in [1.54, 1.807) is 23.1 Å². The topological polar surface area (TPSA) is 95.0 Å². The third kappa shape index (κ3) is 4.16. The molecule has 2 aliphatic heterocycles. The summed E-state index contributed by atoms with van der Waals surface area (Å²) in [5.74, 6) is -1.70. The van der Waals surface area contributed by atoms with Gasteiger partial charge in [-0.25, -0.2) is 8.42 Å². The molecule has 1 aromatic rings. The minimum absolute atomic E-state index is 0.0755. The second kappa shape index (κ2) is 7.98. The zero-order chi connectivity index (χ0) is 19.6. The number of hydrogen-bond donors (Lipinski definition) is 1. The molecule has 1 N–H and O–H groups in total. The Hall–Kier alpha value is -1.93. The second-order valence-corrected chi connectivity index (χ2v) is 9.45. The largest absolute Gasteiger partial charge is 0.481 e. The third-order valence-electron chi connectivity index (χ3n) is 5.41. The maximum absolute atomic E-state index is 13.2. The first-order valence-corrected chi connectivity index (χ1v) is 10.8. The maximum atomic E-state index is 13.2. The highest BCUT2D eigenvalue weighted by Crippen LogP contribution is 2.29. The molecule has 7 nitrogen and oxygen atoms in total. The Labute approximate surface area is 160 Å². The van der Waals surface area contributed by atoms with Crippen LogP contribution in [-0.2, 0) is 19.6 Å². The summed E-state index contributed by atoms with van der Waals surface area (Å²) >= 11 is 0. The predicted molar refractivity (Wildman–Crippen MR) is 99.5 cm³/mol. The van der Waals surface area contributed by atoms with Gasteiger partial charge in [0.05, 0.1) is 10.8 Å². The SMILES string of the molecule is CC1CC(C(=O)O)CN(C(=O)C2CCCCN2S(=O)(=O)c2ccccc2)C1. The Kier molecular flexibility index (Phi) is 5.86. The molecular formula is C19H26N2O5S. The van der Waals surface area contributed by atoms with Crippen LogP contribution in [0.15, 0.2) is 35.2 Å². The molecule has 148 valence electrons. The van der Waals surface area contributed by atoms with Crippen molar-refractivity contribution >= 4 is 21.9 Å². The number of carbonyl (C=O) groups excluding carboxylic acids is 1. The van der Waals surface area contributed by atoms with Crippen molar-refractivity contribution in [2.45, 2.75) is 43.5 Å². The molecule has 0 aliphatic carbocycles. The number of carbonyl (C=O) groups is 2. The van der Waals surface area contributed by atoms with E-state index in [1.807, 2.05) is 6.92 Å². The number of amides is 1. The molecule has 2 heterocycles. The van der Waals surface area contributed by atoms with Gasteiger partial charge in [-0.05, 0) is 37.3 Å². The highest BCUT2D eigenvalue weighted by molar-refractivity contribution is 7.89. The molecular weight excluding hydrogens is 368 g/mol. The van der Waals surface area contributed by atoms with Crippen molar-refractivity contribution in [3.8, 4) is 0 Å². The number of carboxylic acid groups (broad SMARTS) is 1. The van der Waals surface area contributed by atoms with E-state index in [2.05, 4.69) is 0 Å². The van der Waals surface area contributed by atoms with Gasteiger partial charge in [0.2, 0.25) is 15.9 Å². The van der Waals surface area contributed by atoms with Crippen molar-refractivity contribution in [1.82, 2.24) is 9.21 Å². The summed E-state index contributed by atoms with van der Waals surface area (Å²) in [5, 5.41) is 9.35. The molecule has 0 spiro atoms. The first-order valence-electron chi connectivity index (χ1n) is 9.39. The number of sulfonamides is 1. The van der Waals surface area contributed by atoms with Crippen LogP contribution in [0.2, 0.25) is 0 Å². The summed E-state index contributed by atoms with van der Waals surface area (Å²) in [4.78, 5) is 26.3.